The monoisotopic (exact) mass is 331 g/mol. The molecule has 0 aliphatic heterocycles. The minimum atomic E-state index is 0.554. The Balaban J connectivity index is 2.03. The summed E-state index contributed by atoms with van der Waals surface area (Å²) in [5, 5.41) is 7.85. The van der Waals surface area contributed by atoms with Gasteiger partial charge in [0.1, 0.15) is 11.6 Å². The number of nitrogens with zero attached hydrogens (tertiary/aromatic N) is 2. The van der Waals surface area contributed by atoms with Crippen molar-refractivity contribution in [2.45, 2.75) is 6.42 Å². The highest BCUT2D eigenvalue weighted by molar-refractivity contribution is 7.71. The fourth-order valence-corrected chi connectivity index (χ4v) is 2.72. The van der Waals surface area contributed by atoms with Crippen LogP contribution in [0.2, 0.25) is 5.02 Å². The van der Waals surface area contributed by atoms with Gasteiger partial charge in [0, 0.05) is 17.1 Å². The van der Waals surface area contributed by atoms with Gasteiger partial charge in [-0.05, 0) is 48.1 Å². The maximum atomic E-state index is 6.28. The van der Waals surface area contributed by atoms with E-state index in [4.69, 9.17) is 28.6 Å². The van der Waals surface area contributed by atoms with Crippen LogP contribution in [0.5, 0.6) is 5.75 Å². The van der Waals surface area contributed by atoms with E-state index in [1.54, 1.807) is 7.11 Å². The summed E-state index contributed by atoms with van der Waals surface area (Å²) in [4.78, 5) is 0. The lowest BCUT2D eigenvalue weighted by Gasteiger charge is -2.09. The third-order valence-corrected chi connectivity index (χ3v) is 4.00. The molecule has 0 unspecified atom stereocenters. The quantitative estimate of drug-likeness (QED) is 0.729. The molecule has 3 rings (SSSR count). The van der Waals surface area contributed by atoms with Crippen molar-refractivity contribution in [1.29, 1.82) is 0 Å². The van der Waals surface area contributed by atoms with Crippen molar-refractivity contribution in [3.8, 4) is 11.4 Å². The summed E-state index contributed by atoms with van der Waals surface area (Å²) >= 11 is 11.6. The van der Waals surface area contributed by atoms with Gasteiger partial charge < -0.3 is 4.74 Å². The van der Waals surface area contributed by atoms with Crippen LogP contribution in [0.1, 0.15) is 11.4 Å². The molecule has 0 aliphatic carbocycles. The predicted octanol–water partition coefficient (Wildman–Crippen LogP) is 4.18. The number of para-hydroxylation sites is 1. The predicted molar refractivity (Wildman–Crippen MR) is 89.6 cm³/mol. The van der Waals surface area contributed by atoms with Crippen molar-refractivity contribution in [2.24, 2.45) is 0 Å². The summed E-state index contributed by atoms with van der Waals surface area (Å²) in [5.74, 6) is 1.56. The number of hydrogen-bond donors (Lipinski definition) is 1. The van der Waals surface area contributed by atoms with Crippen molar-refractivity contribution < 1.29 is 4.74 Å². The molecule has 1 aromatic heterocycles. The Hall–Kier alpha value is -2.11. The fourth-order valence-electron chi connectivity index (χ4n) is 2.28. The molecule has 0 saturated carbocycles. The zero-order valence-corrected chi connectivity index (χ0v) is 13.5. The van der Waals surface area contributed by atoms with Gasteiger partial charge in [0.2, 0.25) is 0 Å². The van der Waals surface area contributed by atoms with E-state index < -0.39 is 0 Å². The standard InChI is InChI=1S/C16H14ClN3OS/c1-21-13-7-8-14(17)11(9-13)10-15-18-19-16(22)20(15)12-5-3-2-4-6-12/h2-9H,10H2,1H3,(H,19,22). The van der Waals surface area contributed by atoms with E-state index in [-0.39, 0.29) is 0 Å². The van der Waals surface area contributed by atoms with Crippen molar-refractivity contribution >= 4 is 23.8 Å². The second-order valence-electron chi connectivity index (χ2n) is 4.75. The molecule has 0 bridgehead atoms. The van der Waals surface area contributed by atoms with Crippen LogP contribution in [0.3, 0.4) is 0 Å². The molecule has 0 radical (unpaired) electrons. The van der Waals surface area contributed by atoms with E-state index in [1.165, 1.54) is 0 Å². The normalized spacial score (nSPS) is 10.6. The van der Waals surface area contributed by atoms with Crippen LogP contribution in [0.25, 0.3) is 5.69 Å². The largest absolute Gasteiger partial charge is 0.497 e. The lowest BCUT2D eigenvalue weighted by Crippen LogP contribution is -2.03. The van der Waals surface area contributed by atoms with E-state index in [0.29, 0.717) is 16.2 Å². The molecule has 2 aromatic carbocycles. The zero-order valence-electron chi connectivity index (χ0n) is 11.9. The first-order valence-electron chi connectivity index (χ1n) is 6.73. The van der Waals surface area contributed by atoms with Crippen LogP contribution >= 0.6 is 23.8 Å². The number of nitrogens with one attached hydrogen (secondary N) is 1. The highest BCUT2D eigenvalue weighted by Gasteiger charge is 2.11. The van der Waals surface area contributed by atoms with E-state index in [1.807, 2.05) is 53.1 Å². The van der Waals surface area contributed by atoms with Crippen molar-refractivity contribution in [3.63, 3.8) is 0 Å². The molecule has 112 valence electrons. The first-order chi connectivity index (χ1) is 10.7. The summed E-state index contributed by atoms with van der Waals surface area (Å²) in [6.45, 7) is 0. The summed E-state index contributed by atoms with van der Waals surface area (Å²) in [5.41, 5.74) is 1.91. The van der Waals surface area contributed by atoms with Crippen LogP contribution in [-0.4, -0.2) is 21.9 Å². The smallest absolute Gasteiger partial charge is 0.199 e. The molecule has 6 heteroatoms. The minimum absolute atomic E-state index is 0.554. The molecular weight excluding hydrogens is 318 g/mol. The van der Waals surface area contributed by atoms with Crippen LogP contribution in [-0.2, 0) is 6.42 Å². The van der Waals surface area contributed by atoms with Crippen molar-refractivity contribution in [1.82, 2.24) is 14.8 Å². The number of hydrogen-bond acceptors (Lipinski definition) is 3. The maximum absolute atomic E-state index is 6.28. The van der Waals surface area contributed by atoms with Crippen molar-refractivity contribution in [3.05, 3.63) is 69.7 Å². The van der Waals surface area contributed by atoms with Gasteiger partial charge in [-0.25, -0.2) is 0 Å². The Morgan fingerprint density at radius 1 is 1.23 bits per heavy atom. The molecule has 3 aromatic rings. The molecule has 0 atom stereocenters. The average molecular weight is 332 g/mol. The van der Waals surface area contributed by atoms with Gasteiger partial charge in [0.05, 0.1) is 7.11 Å². The van der Waals surface area contributed by atoms with Gasteiger partial charge >= 0.3 is 0 Å². The van der Waals surface area contributed by atoms with Crippen LogP contribution in [0.4, 0.5) is 0 Å². The fraction of sp³-hybridized carbons (Fsp3) is 0.125. The number of rotatable bonds is 4. The SMILES string of the molecule is COc1ccc(Cl)c(Cc2n[nH]c(=S)n2-c2ccccc2)c1. The molecule has 22 heavy (non-hydrogen) atoms. The third kappa shape index (κ3) is 2.91. The van der Waals surface area contributed by atoms with E-state index in [2.05, 4.69) is 10.2 Å². The maximum Gasteiger partial charge on any atom is 0.199 e. The van der Waals surface area contributed by atoms with Crippen LogP contribution in [0.15, 0.2) is 48.5 Å². The number of halogens is 1. The molecule has 0 spiro atoms. The Morgan fingerprint density at radius 2 is 2.00 bits per heavy atom. The van der Waals surface area contributed by atoms with Crippen LogP contribution in [0, 0.1) is 4.77 Å². The molecule has 0 fully saturated rings. The molecule has 1 heterocycles. The number of ether oxygens (including phenoxy) is 1. The number of aromatic amines is 1. The number of H-pyrrole nitrogens is 1. The van der Waals surface area contributed by atoms with Gasteiger partial charge in [-0.1, -0.05) is 29.8 Å². The van der Waals surface area contributed by atoms with E-state index >= 15 is 0 Å². The molecule has 1 N–H and O–H groups in total. The van der Waals surface area contributed by atoms with Crippen molar-refractivity contribution in [2.75, 3.05) is 7.11 Å². The van der Waals surface area contributed by atoms with Gasteiger partial charge in [0.15, 0.2) is 4.77 Å². The highest BCUT2D eigenvalue weighted by Crippen LogP contribution is 2.24. The highest BCUT2D eigenvalue weighted by atomic mass is 35.5. The Kier molecular flexibility index (Phi) is 4.27. The third-order valence-electron chi connectivity index (χ3n) is 3.36. The van der Waals surface area contributed by atoms with Gasteiger partial charge in [0.25, 0.3) is 0 Å². The van der Waals surface area contributed by atoms with Gasteiger partial charge in [-0.2, -0.15) is 5.10 Å². The Labute approximate surface area is 138 Å². The molecular formula is C16H14ClN3OS. The Morgan fingerprint density at radius 3 is 2.73 bits per heavy atom. The van der Waals surface area contributed by atoms with E-state index in [9.17, 15) is 0 Å². The number of benzene rings is 2. The van der Waals surface area contributed by atoms with Crippen LogP contribution < -0.4 is 4.74 Å². The summed E-state index contributed by atoms with van der Waals surface area (Å²) < 4.78 is 7.72. The lowest BCUT2D eigenvalue weighted by molar-refractivity contribution is 0.414. The van der Waals surface area contributed by atoms with Gasteiger partial charge in [-0.15, -0.1) is 0 Å². The Bertz CT molecular complexity index is 842. The first kappa shape index (κ1) is 14.8. The van der Waals surface area contributed by atoms with E-state index in [0.717, 1.165) is 22.8 Å². The summed E-state index contributed by atoms with van der Waals surface area (Å²) in [6, 6.07) is 15.4. The van der Waals surface area contributed by atoms with Gasteiger partial charge in [-0.3, -0.25) is 9.67 Å². The molecule has 4 nitrogen and oxygen atoms in total. The second-order valence-corrected chi connectivity index (χ2v) is 5.54. The average Bonchev–Trinajstić information content (AvgIpc) is 2.91. The number of aromatic nitrogens is 3. The first-order valence-corrected chi connectivity index (χ1v) is 7.52. The zero-order chi connectivity index (χ0) is 15.5. The number of methoxy groups -OCH3 is 1. The molecule has 0 amide bonds. The molecule has 0 aliphatic rings. The summed E-state index contributed by atoms with van der Waals surface area (Å²) in [7, 11) is 1.63. The second kappa shape index (κ2) is 6.34. The minimum Gasteiger partial charge on any atom is -0.497 e. The topological polar surface area (TPSA) is 42.8 Å². The lowest BCUT2D eigenvalue weighted by atomic mass is 10.1. The molecule has 0 saturated heterocycles. The summed E-state index contributed by atoms with van der Waals surface area (Å²) in [6.07, 6.45) is 0.554.